The first kappa shape index (κ1) is 13.5. The predicted molar refractivity (Wildman–Crippen MR) is 65.6 cm³/mol. The van der Waals surface area contributed by atoms with Gasteiger partial charge in [-0.1, -0.05) is 0 Å². The molecule has 1 amide bonds. The smallest absolute Gasteiger partial charge is 0.337 e. The lowest BCUT2D eigenvalue weighted by Gasteiger charge is -2.11. The Bertz CT molecular complexity index is 497. The lowest BCUT2D eigenvalue weighted by atomic mass is 10.1. The molecule has 2 rings (SSSR count). The van der Waals surface area contributed by atoms with E-state index in [1.54, 1.807) is 0 Å². The third-order valence-corrected chi connectivity index (χ3v) is 2.92. The largest absolute Gasteiger partial charge is 0.478 e. The third kappa shape index (κ3) is 3.51. The molecule has 1 fully saturated rings. The molecule has 0 spiro atoms. The number of amides is 1. The van der Waals surface area contributed by atoms with E-state index in [4.69, 9.17) is 9.84 Å². The first-order valence-electron chi connectivity index (χ1n) is 6.00. The van der Waals surface area contributed by atoms with Gasteiger partial charge < -0.3 is 15.2 Å². The van der Waals surface area contributed by atoms with Gasteiger partial charge >= 0.3 is 5.97 Å². The first-order valence-corrected chi connectivity index (χ1v) is 6.00. The summed E-state index contributed by atoms with van der Waals surface area (Å²) in [6.07, 6.45) is 1.81. The molecule has 1 aromatic carbocycles. The number of benzene rings is 1. The van der Waals surface area contributed by atoms with Gasteiger partial charge in [0.2, 0.25) is 5.91 Å². The Balaban J connectivity index is 2.05. The van der Waals surface area contributed by atoms with Gasteiger partial charge in [0.1, 0.15) is 5.82 Å². The molecule has 1 aromatic rings. The van der Waals surface area contributed by atoms with E-state index in [2.05, 4.69) is 5.32 Å². The molecule has 1 aliphatic rings. The van der Waals surface area contributed by atoms with Crippen molar-refractivity contribution in [2.24, 2.45) is 0 Å². The molecule has 19 heavy (non-hydrogen) atoms. The number of aromatic carboxylic acids is 1. The second-order valence-corrected chi connectivity index (χ2v) is 4.38. The van der Waals surface area contributed by atoms with Crippen LogP contribution < -0.4 is 5.32 Å². The van der Waals surface area contributed by atoms with E-state index in [0.717, 1.165) is 25.0 Å². The van der Waals surface area contributed by atoms with Crippen LogP contribution in [0.2, 0.25) is 0 Å². The number of hydrogen-bond donors (Lipinski definition) is 2. The highest BCUT2D eigenvalue weighted by Crippen LogP contribution is 2.19. The second-order valence-electron chi connectivity index (χ2n) is 4.38. The highest BCUT2D eigenvalue weighted by Gasteiger charge is 2.20. The van der Waals surface area contributed by atoms with Crippen LogP contribution >= 0.6 is 0 Å². The molecule has 1 atom stereocenters. The fourth-order valence-corrected chi connectivity index (χ4v) is 2.02. The summed E-state index contributed by atoms with van der Waals surface area (Å²) in [5, 5.41) is 11.4. The molecular formula is C13H14FNO4. The van der Waals surface area contributed by atoms with Gasteiger partial charge in [-0.25, -0.2) is 9.18 Å². The Hall–Kier alpha value is -1.95. The maximum Gasteiger partial charge on any atom is 0.337 e. The molecule has 0 bridgehead atoms. The summed E-state index contributed by atoms with van der Waals surface area (Å²) >= 11 is 0. The summed E-state index contributed by atoms with van der Waals surface area (Å²) in [4.78, 5) is 22.7. The number of anilines is 1. The zero-order chi connectivity index (χ0) is 13.8. The summed E-state index contributed by atoms with van der Waals surface area (Å²) in [6, 6.07) is 3.23. The molecule has 1 unspecified atom stereocenters. The Labute approximate surface area is 109 Å². The van der Waals surface area contributed by atoms with Crippen LogP contribution in [0, 0.1) is 5.82 Å². The van der Waals surface area contributed by atoms with E-state index in [-0.39, 0.29) is 29.7 Å². The molecule has 0 aliphatic carbocycles. The summed E-state index contributed by atoms with van der Waals surface area (Å²) in [5.41, 5.74) is -0.169. The molecule has 1 saturated heterocycles. The van der Waals surface area contributed by atoms with Crippen LogP contribution in [0.4, 0.5) is 10.1 Å². The number of carboxylic acids is 1. The van der Waals surface area contributed by atoms with Crippen LogP contribution in [-0.2, 0) is 9.53 Å². The van der Waals surface area contributed by atoms with Crippen molar-refractivity contribution in [1.82, 2.24) is 0 Å². The number of nitrogens with one attached hydrogen (secondary N) is 1. The zero-order valence-electron chi connectivity index (χ0n) is 10.2. The fourth-order valence-electron chi connectivity index (χ4n) is 2.02. The van der Waals surface area contributed by atoms with E-state index >= 15 is 0 Å². The van der Waals surface area contributed by atoms with Crippen LogP contribution in [0.1, 0.15) is 29.6 Å². The summed E-state index contributed by atoms with van der Waals surface area (Å²) in [5.74, 6) is -2.28. The van der Waals surface area contributed by atoms with Crippen LogP contribution in [0.5, 0.6) is 0 Å². The van der Waals surface area contributed by atoms with E-state index in [9.17, 15) is 14.0 Å². The average molecular weight is 267 g/mol. The molecular weight excluding hydrogens is 253 g/mol. The number of halogens is 1. The molecule has 102 valence electrons. The number of carboxylic acid groups (broad SMARTS) is 1. The van der Waals surface area contributed by atoms with Gasteiger partial charge in [0.15, 0.2) is 0 Å². The minimum absolute atomic E-state index is 0.0943. The lowest BCUT2D eigenvalue weighted by Crippen LogP contribution is -2.20. The normalized spacial score (nSPS) is 18.3. The molecule has 6 heteroatoms. The molecule has 2 N–H and O–H groups in total. The van der Waals surface area contributed by atoms with Crippen molar-refractivity contribution in [3.05, 3.63) is 29.6 Å². The Morgan fingerprint density at radius 2 is 2.26 bits per heavy atom. The molecule has 0 aromatic heterocycles. The van der Waals surface area contributed by atoms with Crippen LogP contribution in [0.3, 0.4) is 0 Å². The summed E-state index contributed by atoms with van der Waals surface area (Å²) in [7, 11) is 0. The molecule has 5 nitrogen and oxygen atoms in total. The number of carbonyl (C=O) groups is 2. The third-order valence-electron chi connectivity index (χ3n) is 2.92. The van der Waals surface area contributed by atoms with Crippen molar-refractivity contribution < 1.29 is 23.8 Å². The Morgan fingerprint density at radius 1 is 1.47 bits per heavy atom. The van der Waals surface area contributed by atoms with Gasteiger partial charge in [-0.2, -0.15) is 0 Å². The predicted octanol–water partition coefficient (Wildman–Crippen LogP) is 2.03. The van der Waals surface area contributed by atoms with Gasteiger partial charge in [-0.3, -0.25) is 4.79 Å². The van der Waals surface area contributed by atoms with E-state index in [0.29, 0.717) is 6.61 Å². The van der Waals surface area contributed by atoms with Crippen molar-refractivity contribution in [3.63, 3.8) is 0 Å². The molecule has 1 heterocycles. The van der Waals surface area contributed by atoms with Gasteiger partial charge in [0.25, 0.3) is 0 Å². The topological polar surface area (TPSA) is 75.6 Å². The number of rotatable bonds is 4. The molecule has 0 radical (unpaired) electrons. The van der Waals surface area contributed by atoms with Gasteiger partial charge in [-0.05, 0) is 31.0 Å². The van der Waals surface area contributed by atoms with Crippen molar-refractivity contribution >= 4 is 17.6 Å². The lowest BCUT2D eigenvalue weighted by molar-refractivity contribution is -0.118. The van der Waals surface area contributed by atoms with Crippen molar-refractivity contribution in [1.29, 1.82) is 0 Å². The highest BCUT2D eigenvalue weighted by molar-refractivity contribution is 6.00. The fraction of sp³-hybridized carbons (Fsp3) is 0.385. The quantitative estimate of drug-likeness (QED) is 0.875. The SMILES string of the molecule is O=C(CC1CCCO1)Nc1ccc(F)cc1C(=O)O. The Kier molecular flexibility index (Phi) is 4.11. The van der Waals surface area contributed by atoms with E-state index in [1.165, 1.54) is 6.07 Å². The second kappa shape index (κ2) is 5.79. The van der Waals surface area contributed by atoms with Gasteiger partial charge in [0.05, 0.1) is 23.8 Å². The van der Waals surface area contributed by atoms with E-state index in [1.807, 2.05) is 0 Å². The van der Waals surface area contributed by atoms with Crippen LogP contribution in [-0.4, -0.2) is 29.7 Å². The van der Waals surface area contributed by atoms with Crippen LogP contribution in [0.15, 0.2) is 18.2 Å². The zero-order valence-corrected chi connectivity index (χ0v) is 10.2. The monoisotopic (exact) mass is 267 g/mol. The highest BCUT2D eigenvalue weighted by atomic mass is 19.1. The maximum atomic E-state index is 13.0. The van der Waals surface area contributed by atoms with Crippen molar-refractivity contribution in [3.8, 4) is 0 Å². The van der Waals surface area contributed by atoms with Gasteiger partial charge in [0, 0.05) is 6.61 Å². The minimum atomic E-state index is -1.29. The van der Waals surface area contributed by atoms with Gasteiger partial charge in [-0.15, -0.1) is 0 Å². The molecule has 0 saturated carbocycles. The first-order chi connectivity index (χ1) is 9.06. The Morgan fingerprint density at radius 3 is 2.89 bits per heavy atom. The average Bonchev–Trinajstić information content (AvgIpc) is 2.83. The van der Waals surface area contributed by atoms with Crippen molar-refractivity contribution in [2.45, 2.75) is 25.4 Å². The summed E-state index contributed by atoms with van der Waals surface area (Å²) < 4.78 is 18.3. The van der Waals surface area contributed by atoms with E-state index < -0.39 is 11.8 Å². The minimum Gasteiger partial charge on any atom is -0.478 e. The van der Waals surface area contributed by atoms with Crippen molar-refractivity contribution in [2.75, 3.05) is 11.9 Å². The maximum absolute atomic E-state index is 13.0. The van der Waals surface area contributed by atoms with Crippen LogP contribution in [0.25, 0.3) is 0 Å². The number of ether oxygens (including phenoxy) is 1. The molecule has 1 aliphatic heterocycles. The summed E-state index contributed by atoms with van der Waals surface area (Å²) in [6.45, 7) is 0.648. The number of carbonyl (C=O) groups excluding carboxylic acids is 1. The number of hydrogen-bond acceptors (Lipinski definition) is 3. The standard InChI is InChI=1S/C13H14FNO4/c14-8-3-4-11(10(6-8)13(17)18)15-12(16)7-9-2-1-5-19-9/h3-4,6,9H,1-2,5,7H2,(H,15,16)(H,17,18).